The molecule has 0 fully saturated rings. The van der Waals surface area contributed by atoms with Crippen molar-refractivity contribution >= 4 is 11.0 Å². The fourth-order valence-corrected chi connectivity index (χ4v) is 1.44. The predicted octanol–water partition coefficient (Wildman–Crippen LogP) is 3.31. The number of fused-ring (bicyclic) bond motifs is 1. The number of hydrogen-bond acceptors (Lipinski definition) is 4. The Hall–Kier alpha value is -1.97. The third-order valence-electron chi connectivity index (χ3n) is 2.17. The summed E-state index contributed by atoms with van der Waals surface area (Å²) in [6.45, 7) is 6.61. The topological polar surface area (TPSA) is 59.7 Å². The van der Waals surface area contributed by atoms with Crippen molar-refractivity contribution in [2.45, 2.75) is 27.2 Å². The Morgan fingerprint density at radius 3 is 2.67 bits per heavy atom. The van der Waals surface area contributed by atoms with Crippen LogP contribution < -0.4 is 10.4 Å². The molecule has 0 saturated carbocycles. The molecule has 1 heterocycles. The molecule has 0 radical (unpaired) electrons. The average Bonchev–Trinajstić information content (AvgIpc) is 2.38. The van der Waals surface area contributed by atoms with Crippen molar-refractivity contribution in [3.05, 3.63) is 34.7 Å². The third kappa shape index (κ3) is 3.26. The van der Waals surface area contributed by atoms with Gasteiger partial charge in [0, 0.05) is 6.07 Å². The van der Waals surface area contributed by atoms with E-state index in [1.807, 2.05) is 20.8 Å². The van der Waals surface area contributed by atoms with Gasteiger partial charge in [0.1, 0.15) is 17.1 Å². The number of ether oxygens (including phenoxy) is 1. The lowest BCUT2D eigenvalue weighted by molar-refractivity contribution is 0.317. The van der Waals surface area contributed by atoms with E-state index >= 15 is 0 Å². The van der Waals surface area contributed by atoms with Gasteiger partial charge in [-0.05, 0) is 18.6 Å². The van der Waals surface area contributed by atoms with E-state index in [1.165, 1.54) is 0 Å². The van der Waals surface area contributed by atoms with E-state index in [9.17, 15) is 9.90 Å². The van der Waals surface area contributed by atoms with Crippen LogP contribution in [0.5, 0.6) is 11.5 Å². The molecule has 1 aromatic heterocycles. The van der Waals surface area contributed by atoms with Crippen LogP contribution in [0.15, 0.2) is 33.5 Å². The number of aromatic hydroxyl groups is 1. The Morgan fingerprint density at radius 2 is 2.00 bits per heavy atom. The van der Waals surface area contributed by atoms with E-state index in [0.29, 0.717) is 23.3 Å². The van der Waals surface area contributed by atoms with Crippen LogP contribution in [-0.4, -0.2) is 11.7 Å². The molecule has 0 spiro atoms. The Morgan fingerprint density at radius 1 is 1.28 bits per heavy atom. The van der Waals surface area contributed by atoms with Crippen molar-refractivity contribution in [1.29, 1.82) is 0 Å². The Balaban J connectivity index is 0.000000771. The number of benzene rings is 1. The monoisotopic (exact) mass is 250 g/mol. The molecular weight excluding hydrogens is 232 g/mol. The fraction of sp³-hybridized carbons (Fsp3) is 0.357. The van der Waals surface area contributed by atoms with Crippen molar-refractivity contribution in [3.8, 4) is 11.5 Å². The smallest absolute Gasteiger partial charge is 0.339 e. The minimum absolute atomic E-state index is 0.0757. The molecule has 0 atom stereocenters. The highest BCUT2D eigenvalue weighted by atomic mass is 16.5. The second-order valence-corrected chi connectivity index (χ2v) is 3.46. The van der Waals surface area contributed by atoms with Gasteiger partial charge in [-0.1, -0.05) is 20.8 Å². The maximum atomic E-state index is 11.1. The summed E-state index contributed by atoms with van der Waals surface area (Å²) >= 11 is 0. The van der Waals surface area contributed by atoms with E-state index in [4.69, 9.17) is 9.15 Å². The summed E-state index contributed by atoms with van der Waals surface area (Å²) in [5, 5.41) is 10.0. The summed E-state index contributed by atoms with van der Waals surface area (Å²) in [5.41, 5.74) is -0.240. The fourth-order valence-electron chi connectivity index (χ4n) is 1.44. The lowest BCUT2D eigenvalue weighted by Gasteiger charge is -2.05. The van der Waals surface area contributed by atoms with Crippen LogP contribution in [0.25, 0.3) is 11.0 Å². The molecule has 0 amide bonds. The van der Waals surface area contributed by atoms with Crippen molar-refractivity contribution < 1.29 is 14.3 Å². The lowest BCUT2D eigenvalue weighted by atomic mass is 10.2. The molecule has 2 rings (SSSR count). The van der Waals surface area contributed by atoms with Crippen LogP contribution in [0.3, 0.4) is 0 Å². The van der Waals surface area contributed by atoms with Crippen LogP contribution in [0.2, 0.25) is 0 Å². The molecule has 0 aliphatic rings. The van der Waals surface area contributed by atoms with Gasteiger partial charge in [0.05, 0.1) is 18.1 Å². The zero-order valence-corrected chi connectivity index (χ0v) is 10.9. The van der Waals surface area contributed by atoms with Gasteiger partial charge in [0.15, 0.2) is 0 Å². The highest BCUT2D eigenvalue weighted by molar-refractivity contribution is 5.83. The first-order valence-corrected chi connectivity index (χ1v) is 6.10. The van der Waals surface area contributed by atoms with Crippen LogP contribution in [0.1, 0.15) is 27.2 Å². The van der Waals surface area contributed by atoms with E-state index in [1.54, 1.807) is 18.2 Å². The zero-order valence-electron chi connectivity index (χ0n) is 10.9. The van der Waals surface area contributed by atoms with Gasteiger partial charge in [0.25, 0.3) is 0 Å². The standard InChI is InChI=1S/C12H12O4.C2H6/c1-2-5-15-8-3-4-9-10(13)7-12(14)16-11(9)6-8;1-2/h3-4,6-7,13H,2,5H2,1H3;1-2H3. The highest BCUT2D eigenvalue weighted by Crippen LogP contribution is 2.26. The lowest BCUT2D eigenvalue weighted by Crippen LogP contribution is -1.97. The summed E-state index contributed by atoms with van der Waals surface area (Å²) in [6, 6.07) is 6.05. The van der Waals surface area contributed by atoms with Crippen LogP contribution >= 0.6 is 0 Å². The molecule has 2 aromatic rings. The molecule has 1 N–H and O–H groups in total. The van der Waals surface area contributed by atoms with Crippen molar-refractivity contribution in [2.24, 2.45) is 0 Å². The largest absolute Gasteiger partial charge is 0.507 e. The van der Waals surface area contributed by atoms with Crippen molar-refractivity contribution in [1.82, 2.24) is 0 Å². The van der Waals surface area contributed by atoms with Crippen molar-refractivity contribution in [3.63, 3.8) is 0 Å². The van der Waals surface area contributed by atoms with E-state index in [0.717, 1.165) is 12.5 Å². The van der Waals surface area contributed by atoms with Crippen molar-refractivity contribution in [2.75, 3.05) is 6.61 Å². The highest BCUT2D eigenvalue weighted by Gasteiger charge is 2.05. The normalized spacial score (nSPS) is 9.72. The summed E-state index contributed by atoms with van der Waals surface area (Å²) in [6.07, 6.45) is 0.905. The van der Waals surface area contributed by atoms with Gasteiger partial charge >= 0.3 is 5.63 Å². The van der Waals surface area contributed by atoms with Crippen LogP contribution in [0.4, 0.5) is 0 Å². The first-order valence-electron chi connectivity index (χ1n) is 6.10. The van der Waals surface area contributed by atoms with Gasteiger partial charge in [-0.15, -0.1) is 0 Å². The molecule has 1 aromatic carbocycles. The predicted molar refractivity (Wildman–Crippen MR) is 71.3 cm³/mol. The van der Waals surface area contributed by atoms with Gasteiger partial charge in [0.2, 0.25) is 0 Å². The maximum Gasteiger partial charge on any atom is 0.339 e. The quantitative estimate of drug-likeness (QED) is 0.849. The molecular formula is C14H18O4. The molecule has 0 aliphatic carbocycles. The number of hydrogen-bond donors (Lipinski definition) is 1. The third-order valence-corrected chi connectivity index (χ3v) is 2.17. The second kappa shape index (κ2) is 6.69. The van der Waals surface area contributed by atoms with Gasteiger partial charge in [-0.2, -0.15) is 0 Å². The second-order valence-electron chi connectivity index (χ2n) is 3.46. The van der Waals surface area contributed by atoms with Gasteiger partial charge < -0.3 is 14.3 Å². The summed E-state index contributed by atoms with van der Waals surface area (Å²) < 4.78 is 10.4. The van der Waals surface area contributed by atoms with Gasteiger partial charge in [-0.25, -0.2) is 4.79 Å². The van der Waals surface area contributed by atoms with Gasteiger partial charge in [-0.3, -0.25) is 0 Å². The summed E-state index contributed by atoms with van der Waals surface area (Å²) in [7, 11) is 0. The molecule has 0 unspecified atom stereocenters. The molecule has 4 heteroatoms. The SMILES string of the molecule is CC.CCCOc1ccc2c(O)cc(=O)oc2c1. The Labute approximate surface area is 106 Å². The molecule has 18 heavy (non-hydrogen) atoms. The first-order chi connectivity index (χ1) is 8.70. The minimum Gasteiger partial charge on any atom is -0.507 e. The molecule has 0 saturated heterocycles. The average molecular weight is 250 g/mol. The summed E-state index contributed by atoms with van der Waals surface area (Å²) in [5.74, 6) is 0.552. The first kappa shape index (κ1) is 14.1. The molecule has 0 bridgehead atoms. The van der Waals surface area contributed by atoms with E-state index < -0.39 is 5.63 Å². The summed E-state index contributed by atoms with van der Waals surface area (Å²) in [4.78, 5) is 11.1. The Kier molecular flexibility index (Phi) is 5.24. The minimum atomic E-state index is -0.572. The molecule has 98 valence electrons. The molecule has 0 aliphatic heterocycles. The molecule has 4 nitrogen and oxygen atoms in total. The van der Waals surface area contributed by atoms with Crippen LogP contribution in [0, 0.1) is 0 Å². The van der Waals surface area contributed by atoms with E-state index in [-0.39, 0.29) is 5.75 Å². The maximum absolute atomic E-state index is 11.1. The zero-order chi connectivity index (χ0) is 13.5. The Bertz CT molecular complexity index is 557. The number of rotatable bonds is 3. The van der Waals surface area contributed by atoms with E-state index in [2.05, 4.69) is 0 Å². The van der Waals surface area contributed by atoms with Crippen LogP contribution in [-0.2, 0) is 0 Å².